The SMILES string of the molecule is CCNC(=NCc1nncn1C)N1CCC(OCC2CCCCO2)CC1.I. The van der Waals surface area contributed by atoms with E-state index in [1.807, 2.05) is 11.6 Å². The Balaban J connectivity index is 0.00000261. The van der Waals surface area contributed by atoms with Gasteiger partial charge in [-0.2, -0.15) is 0 Å². The fourth-order valence-electron chi connectivity index (χ4n) is 3.44. The molecule has 0 aromatic carbocycles. The smallest absolute Gasteiger partial charge is 0.194 e. The van der Waals surface area contributed by atoms with Gasteiger partial charge in [0, 0.05) is 33.3 Å². The van der Waals surface area contributed by atoms with Gasteiger partial charge in [0.05, 0.1) is 18.8 Å². The number of nitrogens with zero attached hydrogens (tertiary/aromatic N) is 5. The van der Waals surface area contributed by atoms with E-state index in [4.69, 9.17) is 14.5 Å². The number of piperidine rings is 1. The molecule has 0 bridgehead atoms. The van der Waals surface area contributed by atoms with E-state index in [0.29, 0.717) is 18.8 Å². The van der Waals surface area contributed by atoms with Gasteiger partial charge < -0.3 is 24.3 Å². The van der Waals surface area contributed by atoms with Crippen LogP contribution in [0.2, 0.25) is 0 Å². The summed E-state index contributed by atoms with van der Waals surface area (Å²) in [5.41, 5.74) is 0. The molecule has 0 saturated carbocycles. The van der Waals surface area contributed by atoms with Crippen LogP contribution in [0.1, 0.15) is 44.9 Å². The van der Waals surface area contributed by atoms with Crippen LogP contribution in [0.15, 0.2) is 11.3 Å². The van der Waals surface area contributed by atoms with E-state index >= 15 is 0 Å². The summed E-state index contributed by atoms with van der Waals surface area (Å²) < 4.78 is 13.8. The van der Waals surface area contributed by atoms with E-state index in [-0.39, 0.29) is 24.0 Å². The average molecular weight is 492 g/mol. The molecule has 1 aromatic heterocycles. The first kappa shape index (κ1) is 22.4. The molecule has 154 valence electrons. The maximum atomic E-state index is 6.11. The number of aryl methyl sites for hydroxylation is 1. The Morgan fingerprint density at radius 2 is 2.15 bits per heavy atom. The Bertz CT molecular complexity index is 568. The summed E-state index contributed by atoms with van der Waals surface area (Å²) in [5.74, 6) is 1.82. The normalized spacial score (nSPS) is 21.8. The molecule has 1 atom stereocenters. The van der Waals surface area contributed by atoms with Gasteiger partial charge >= 0.3 is 0 Å². The molecule has 1 unspecified atom stereocenters. The first-order chi connectivity index (χ1) is 12.8. The van der Waals surface area contributed by atoms with Gasteiger partial charge in [0.15, 0.2) is 11.8 Å². The van der Waals surface area contributed by atoms with Crippen LogP contribution in [-0.4, -0.2) is 70.7 Å². The van der Waals surface area contributed by atoms with Crippen molar-refractivity contribution in [3.63, 3.8) is 0 Å². The van der Waals surface area contributed by atoms with Crippen molar-refractivity contribution in [2.45, 2.75) is 57.8 Å². The Morgan fingerprint density at radius 3 is 2.78 bits per heavy atom. The van der Waals surface area contributed by atoms with Gasteiger partial charge in [-0.25, -0.2) is 4.99 Å². The molecule has 9 heteroatoms. The number of rotatable bonds is 6. The monoisotopic (exact) mass is 492 g/mol. The zero-order valence-electron chi connectivity index (χ0n) is 16.5. The number of nitrogens with one attached hydrogen (secondary N) is 1. The fraction of sp³-hybridized carbons (Fsp3) is 0.833. The molecule has 0 radical (unpaired) electrons. The fourth-order valence-corrected chi connectivity index (χ4v) is 3.44. The summed E-state index contributed by atoms with van der Waals surface area (Å²) in [4.78, 5) is 7.05. The second-order valence-corrected chi connectivity index (χ2v) is 7.04. The summed E-state index contributed by atoms with van der Waals surface area (Å²) >= 11 is 0. The van der Waals surface area contributed by atoms with Crippen molar-refractivity contribution in [2.75, 3.05) is 32.8 Å². The highest BCUT2D eigenvalue weighted by Gasteiger charge is 2.23. The van der Waals surface area contributed by atoms with Gasteiger partial charge in [0.1, 0.15) is 12.9 Å². The minimum Gasteiger partial charge on any atom is -0.376 e. The molecule has 1 aromatic rings. The largest absolute Gasteiger partial charge is 0.376 e. The van der Waals surface area contributed by atoms with Crippen LogP contribution < -0.4 is 5.32 Å². The number of likely N-dealkylation sites (tertiary alicyclic amines) is 1. The van der Waals surface area contributed by atoms with Crippen molar-refractivity contribution in [3.05, 3.63) is 12.2 Å². The van der Waals surface area contributed by atoms with Gasteiger partial charge in [-0.1, -0.05) is 0 Å². The number of ether oxygens (including phenoxy) is 2. The van der Waals surface area contributed by atoms with Crippen LogP contribution in [0.5, 0.6) is 0 Å². The molecule has 0 aliphatic carbocycles. The molecule has 0 spiro atoms. The van der Waals surface area contributed by atoms with Crippen molar-refractivity contribution in [1.82, 2.24) is 25.0 Å². The predicted octanol–water partition coefficient (Wildman–Crippen LogP) is 1.95. The number of guanidine groups is 1. The van der Waals surface area contributed by atoms with Crippen LogP contribution in [0.4, 0.5) is 0 Å². The van der Waals surface area contributed by atoms with Crippen molar-refractivity contribution in [2.24, 2.45) is 12.0 Å². The van der Waals surface area contributed by atoms with E-state index in [0.717, 1.165) is 63.9 Å². The van der Waals surface area contributed by atoms with Crippen LogP contribution in [0.3, 0.4) is 0 Å². The molecule has 27 heavy (non-hydrogen) atoms. The summed E-state index contributed by atoms with van der Waals surface area (Å²) in [6.45, 7) is 7.03. The van der Waals surface area contributed by atoms with Gasteiger partial charge in [0.2, 0.25) is 0 Å². The lowest BCUT2D eigenvalue weighted by molar-refractivity contribution is -0.0721. The number of aliphatic imine (C=N–C) groups is 1. The zero-order chi connectivity index (χ0) is 18.2. The highest BCUT2D eigenvalue weighted by atomic mass is 127. The van der Waals surface area contributed by atoms with Gasteiger partial charge in [-0.15, -0.1) is 34.2 Å². The molecular weight excluding hydrogens is 459 g/mol. The summed E-state index contributed by atoms with van der Waals surface area (Å²) in [6.07, 6.45) is 7.98. The van der Waals surface area contributed by atoms with Gasteiger partial charge in [-0.3, -0.25) is 0 Å². The zero-order valence-corrected chi connectivity index (χ0v) is 18.8. The third-order valence-electron chi connectivity index (χ3n) is 5.04. The Hall–Kier alpha value is -0.940. The summed E-state index contributed by atoms with van der Waals surface area (Å²) in [6, 6.07) is 0. The minimum atomic E-state index is 0. The number of aromatic nitrogens is 3. The third kappa shape index (κ3) is 6.86. The highest BCUT2D eigenvalue weighted by Crippen LogP contribution is 2.18. The predicted molar refractivity (Wildman–Crippen MR) is 115 cm³/mol. The second kappa shape index (κ2) is 11.8. The topological polar surface area (TPSA) is 76.8 Å². The van der Waals surface area contributed by atoms with Crippen LogP contribution in [0, 0.1) is 0 Å². The molecule has 2 fully saturated rings. The van der Waals surface area contributed by atoms with E-state index in [1.54, 1.807) is 6.33 Å². The van der Waals surface area contributed by atoms with Crippen molar-refractivity contribution < 1.29 is 9.47 Å². The maximum absolute atomic E-state index is 6.11. The van der Waals surface area contributed by atoms with E-state index < -0.39 is 0 Å². The minimum absolute atomic E-state index is 0. The van der Waals surface area contributed by atoms with E-state index in [2.05, 4.69) is 27.3 Å². The first-order valence-corrected chi connectivity index (χ1v) is 9.85. The second-order valence-electron chi connectivity index (χ2n) is 7.04. The molecule has 1 N–H and O–H groups in total. The maximum Gasteiger partial charge on any atom is 0.194 e. The van der Waals surface area contributed by atoms with Crippen LogP contribution >= 0.6 is 24.0 Å². The standard InChI is InChI=1S/C18H32N6O2.HI/c1-3-19-18(20-12-17-22-21-14-23(17)2)24-9-7-15(8-10-24)26-13-16-6-4-5-11-25-16;/h14-16H,3-13H2,1-2H3,(H,19,20);1H. The molecule has 8 nitrogen and oxygen atoms in total. The first-order valence-electron chi connectivity index (χ1n) is 9.85. The number of hydrogen-bond acceptors (Lipinski definition) is 5. The number of hydrogen-bond donors (Lipinski definition) is 1. The molecule has 2 aliphatic rings. The Labute approximate surface area is 179 Å². The summed E-state index contributed by atoms with van der Waals surface area (Å²) in [5, 5.41) is 11.4. The van der Waals surface area contributed by atoms with Crippen molar-refractivity contribution >= 4 is 29.9 Å². The highest BCUT2D eigenvalue weighted by molar-refractivity contribution is 14.0. The van der Waals surface area contributed by atoms with E-state index in [1.165, 1.54) is 12.8 Å². The Kier molecular flexibility index (Phi) is 9.77. The lowest BCUT2D eigenvalue weighted by Crippen LogP contribution is -2.47. The molecule has 2 aliphatic heterocycles. The third-order valence-corrected chi connectivity index (χ3v) is 5.04. The molecule has 3 heterocycles. The van der Waals surface area contributed by atoms with Gasteiger partial charge in [0.25, 0.3) is 0 Å². The Morgan fingerprint density at radius 1 is 1.33 bits per heavy atom. The molecule has 2 saturated heterocycles. The quantitative estimate of drug-likeness (QED) is 0.372. The molecule has 0 amide bonds. The lowest BCUT2D eigenvalue weighted by atomic mass is 10.1. The average Bonchev–Trinajstić information content (AvgIpc) is 3.10. The molecular formula is C18H33IN6O2. The van der Waals surface area contributed by atoms with Crippen LogP contribution in [-0.2, 0) is 23.1 Å². The van der Waals surface area contributed by atoms with Crippen molar-refractivity contribution in [1.29, 1.82) is 0 Å². The van der Waals surface area contributed by atoms with E-state index in [9.17, 15) is 0 Å². The summed E-state index contributed by atoms with van der Waals surface area (Å²) in [7, 11) is 1.94. The van der Waals surface area contributed by atoms with Crippen LogP contribution in [0.25, 0.3) is 0 Å². The van der Waals surface area contributed by atoms with Gasteiger partial charge in [-0.05, 0) is 39.0 Å². The molecule has 3 rings (SSSR count). The van der Waals surface area contributed by atoms with Crippen molar-refractivity contribution in [3.8, 4) is 0 Å². The number of halogens is 1. The lowest BCUT2D eigenvalue weighted by Gasteiger charge is -2.35.